The van der Waals surface area contributed by atoms with E-state index in [1.54, 1.807) is 12.3 Å². The molecule has 0 spiro atoms. The molecule has 0 unspecified atom stereocenters. The van der Waals surface area contributed by atoms with E-state index in [0.29, 0.717) is 17.7 Å². The summed E-state index contributed by atoms with van der Waals surface area (Å²) in [6.07, 6.45) is 3.77. The fraction of sp³-hybridized carbons (Fsp3) is 0.615. The third kappa shape index (κ3) is 3.20. The molecular formula is C13H20N4O2. The molecule has 1 aromatic rings. The fourth-order valence-corrected chi connectivity index (χ4v) is 2.30. The minimum Gasteiger partial charge on any atom is -0.464 e. The van der Waals surface area contributed by atoms with Gasteiger partial charge in [0.05, 0.1) is 7.11 Å². The van der Waals surface area contributed by atoms with E-state index in [4.69, 9.17) is 0 Å². The molecule has 6 heteroatoms. The van der Waals surface area contributed by atoms with E-state index in [1.807, 2.05) is 0 Å². The van der Waals surface area contributed by atoms with Crippen LogP contribution in [0.3, 0.4) is 0 Å². The second-order valence-corrected chi connectivity index (χ2v) is 4.92. The largest absolute Gasteiger partial charge is 0.464 e. The standard InChI is InChI=1S/C13H20N4O2/c1-16(2)10-5-8-17(9-6-10)13-14-7-4-11(15-13)12(18)19-3/h4,7,10H,5-6,8-9H2,1-3H3. The third-order valence-electron chi connectivity index (χ3n) is 3.52. The molecule has 19 heavy (non-hydrogen) atoms. The van der Waals surface area contributed by atoms with Gasteiger partial charge >= 0.3 is 5.97 Å². The van der Waals surface area contributed by atoms with Crippen molar-refractivity contribution in [3.63, 3.8) is 0 Å². The first-order chi connectivity index (χ1) is 9.11. The number of hydrogen-bond donors (Lipinski definition) is 0. The normalized spacial score (nSPS) is 16.7. The van der Waals surface area contributed by atoms with E-state index in [-0.39, 0.29) is 0 Å². The first kappa shape index (κ1) is 13.7. The van der Waals surface area contributed by atoms with Gasteiger partial charge < -0.3 is 14.5 Å². The molecule has 0 bridgehead atoms. The van der Waals surface area contributed by atoms with Gasteiger partial charge in [-0.25, -0.2) is 14.8 Å². The third-order valence-corrected chi connectivity index (χ3v) is 3.52. The van der Waals surface area contributed by atoms with Crippen molar-refractivity contribution in [1.82, 2.24) is 14.9 Å². The smallest absolute Gasteiger partial charge is 0.356 e. The average Bonchev–Trinajstić information content (AvgIpc) is 2.46. The molecule has 1 fully saturated rings. The molecular weight excluding hydrogens is 244 g/mol. The predicted octanol–water partition coefficient (Wildman–Crippen LogP) is 0.794. The summed E-state index contributed by atoms with van der Waals surface area (Å²) in [6.45, 7) is 1.82. The Hall–Kier alpha value is -1.69. The van der Waals surface area contributed by atoms with E-state index in [9.17, 15) is 4.79 Å². The van der Waals surface area contributed by atoms with E-state index in [2.05, 4.69) is 38.6 Å². The monoisotopic (exact) mass is 264 g/mol. The van der Waals surface area contributed by atoms with Gasteiger partial charge in [0.1, 0.15) is 0 Å². The molecule has 0 amide bonds. The molecule has 1 aliphatic rings. The summed E-state index contributed by atoms with van der Waals surface area (Å²) in [4.78, 5) is 24.3. The SMILES string of the molecule is COC(=O)c1ccnc(N2CCC(N(C)C)CC2)n1. The van der Waals surface area contributed by atoms with Crippen LogP contribution in [0, 0.1) is 0 Å². The maximum atomic E-state index is 11.5. The average molecular weight is 264 g/mol. The second-order valence-electron chi connectivity index (χ2n) is 4.92. The highest BCUT2D eigenvalue weighted by molar-refractivity contribution is 5.87. The minimum atomic E-state index is -0.424. The van der Waals surface area contributed by atoms with E-state index in [0.717, 1.165) is 25.9 Å². The van der Waals surface area contributed by atoms with Crippen LogP contribution in [-0.2, 0) is 4.74 Å². The number of carbonyl (C=O) groups excluding carboxylic acids is 1. The lowest BCUT2D eigenvalue weighted by molar-refractivity contribution is 0.0594. The molecule has 2 heterocycles. The quantitative estimate of drug-likeness (QED) is 0.752. The van der Waals surface area contributed by atoms with E-state index >= 15 is 0 Å². The van der Waals surface area contributed by atoms with E-state index < -0.39 is 5.97 Å². The Morgan fingerprint density at radius 1 is 1.42 bits per heavy atom. The van der Waals surface area contributed by atoms with Gasteiger partial charge in [-0.3, -0.25) is 0 Å². The highest BCUT2D eigenvalue weighted by atomic mass is 16.5. The van der Waals surface area contributed by atoms with Gasteiger partial charge in [-0.05, 0) is 33.0 Å². The van der Waals surface area contributed by atoms with Crippen LogP contribution in [0.5, 0.6) is 0 Å². The van der Waals surface area contributed by atoms with Crippen LogP contribution in [0.2, 0.25) is 0 Å². The maximum absolute atomic E-state index is 11.5. The summed E-state index contributed by atoms with van der Waals surface area (Å²) in [6, 6.07) is 2.18. The first-order valence-corrected chi connectivity index (χ1v) is 6.44. The van der Waals surface area contributed by atoms with Crippen molar-refractivity contribution in [3.05, 3.63) is 18.0 Å². The van der Waals surface area contributed by atoms with Gasteiger partial charge in [0.25, 0.3) is 0 Å². The molecule has 0 atom stereocenters. The summed E-state index contributed by atoms with van der Waals surface area (Å²) >= 11 is 0. The molecule has 6 nitrogen and oxygen atoms in total. The lowest BCUT2D eigenvalue weighted by atomic mass is 10.0. The first-order valence-electron chi connectivity index (χ1n) is 6.44. The number of hydrogen-bond acceptors (Lipinski definition) is 6. The summed E-state index contributed by atoms with van der Waals surface area (Å²) in [5.41, 5.74) is 0.308. The van der Waals surface area contributed by atoms with Crippen LogP contribution in [-0.4, -0.2) is 61.2 Å². The molecule has 2 rings (SSSR count). The molecule has 0 saturated carbocycles. The molecule has 0 aliphatic carbocycles. The fourth-order valence-electron chi connectivity index (χ4n) is 2.30. The zero-order valence-corrected chi connectivity index (χ0v) is 11.7. The van der Waals surface area contributed by atoms with Gasteiger partial charge in [-0.15, -0.1) is 0 Å². The Morgan fingerprint density at radius 2 is 2.11 bits per heavy atom. The number of carbonyl (C=O) groups is 1. The number of nitrogens with zero attached hydrogens (tertiary/aromatic N) is 4. The van der Waals surface area contributed by atoms with Crippen LogP contribution >= 0.6 is 0 Å². The Balaban J connectivity index is 2.05. The van der Waals surface area contributed by atoms with E-state index in [1.165, 1.54) is 7.11 Å². The summed E-state index contributed by atoms with van der Waals surface area (Å²) < 4.78 is 4.67. The number of anilines is 1. The number of piperidine rings is 1. The maximum Gasteiger partial charge on any atom is 0.356 e. The second kappa shape index (κ2) is 5.97. The number of esters is 1. The van der Waals surface area contributed by atoms with Crippen molar-refractivity contribution < 1.29 is 9.53 Å². The molecule has 104 valence electrons. The molecule has 0 N–H and O–H groups in total. The summed E-state index contributed by atoms with van der Waals surface area (Å²) in [5, 5.41) is 0. The Kier molecular flexibility index (Phi) is 4.31. The number of rotatable bonds is 3. The zero-order chi connectivity index (χ0) is 13.8. The molecule has 1 saturated heterocycles. The van der Waals surface area contributed by atoms with Crippen LogP contribution in [0.4, 0.5) is 5.95 Å². The van der Waals surface area contributed by atoms with Crippen LogP contribution < -0.4 is 4.90 Å². The van der Waals surface area contributed by atoms with Crippen molar-refractivity contribution in [2.75, 3.05) is 39.2 Å². The minimum absolute atomic E-state index is 0.308. The van der Waals surface area contributed by atoms with Gasteiger partial charge in [0, 0.05) is 25.3 Å². The van der Waals surface area contributed by atoms with Crippen LogP contribution in [0.25, 0.3) is 0 Å². The highest BCUT2D eigenvalue weighted by Crippen LogP contribution is 2.18. The Bertz CT molecular complexity index is 442. The lowest BCUT2D eigenvalue weighted by Crippen LogP contribution is -2.42. The van der Waals surface area contributed by atoms with Crippen molar-refractivity contribution in [2.24, 2.45) is 0 Å². The lowest BCUT2D eigenvalue weighted by Gasteiger charge is -2.35. The molecule has 0 radical (unpaired) electrons. The van der Waals surface area contributed by atoms with Crippen LogP contribution in [0.1, 0.15) is 23.3 Å². The molecule has 0 aromatic carbocycles. The number of methoxy groups -OCH3 is 1. The Morgan fingerprint density at radius 3 is 2.68 bits per heavy atom. The summed E-state index contributed by atoms with van der Waals surface area (Å²) in [5.74, 6) is 0.187. The van der Waals surface area contributed by atoms with Crippen LogP contribution in [0.15, 0.2) is 12.3 Å². The highest BCUT2D eigenvalue weighted by Gasteiger charge is 2.22. The van der Waals surface area contributed by atoms with Crippen molar-refractivity contribution in [3.8, 4) is 0 Å². The zero-order valence-electron chi connectivity index (χ0n) is 11.7. The van der Waals surface area contributed by atoms with Gasteiger partial charge in [0.2, 0.25) is 5.95 Å². The topological polar surface area (TPSA) is 58.6 Å². The number of aromatic nitrogens is 2. The van der Waals surface area contributed by atoms with Gasteiger partial charge in [-0.1, -0.05) is 0 Å². The summed E-state index contributed by atoms with van der Waals surface area (Å²) in [7, 11) is 5.57. The predicted molar refractivity (Wildman–Crippen MR) is 72.3 cm³/mol. The Labute approximate surface area is 113 Å². The molecule has 1 aromatic heterocycles. The van der Waals surface area contributed by atoms with Crippen molar-refractivity contribution in [2.45, 2.75) is 18.9 Å². The van der Waals surface area contributed by atoms with Gasteiger partial charge in [0.15, 0.2) is 5.69 Å². The van der Waals surface area contributed by atoms with Crippen molar-refractivity contribution in [1.29, 1.82) is 0 Å². The molecule has 1 aliphatic heterocycles. The van der Waals surface area contributed by atoms with Crippen molar-refractivity contribution >= 4 is 11.9 Å². The number of ether oxygens (including phenoxy) is 1. The van der Waals surface area contributed by atoms with Gasteiger partial charge in [-0.2, -0.15) is 0 Å².